The van der Waals surface area contributed by atoms with Crippen molar-refractivity contribution in [3.63, 3.8) is 0 Å². The minimum atomic E-state index is 0.473. The van der Waals surface area contributed by atoms with Gasteiger partial charge in [-0.15, -0.1) is 0 Å². The van der Waals surface area contributed by atoms with E-state index in [1.165, 1.54) is 11.4 Å². The van der Waals surface area contributed by atoms with Crippen LogP contribution in [-0.2, 0) is 18.3 Å². The smallest absolute Gasteiger partial charge is 0.131 e. The topological polar surface area (TPSA) is 42.3 Å². The average molecular weight is 268 g/mol. The minimum absolute atomic E-state index is 0.473. The monoisotopic (exact) mass is 268 g/mol. The van der Waals surface area contributed by atoms with Gasteiger partial charge in [0.15, 0.2) is 0 Å². The van der Waals surface area contributed by atoms with Crippen molar-refractivity contribution in [2.45, 2.75) is 40.3 Å². The van der Waals surface area contributed by atoms with E-state index in [4.69, 9.17) is 4.74 Å². The molecule has 5 nitrogen and oxygen atoms in total. The van der Waals surface area contributed by atoms with Gasteiger partial charge in [0.1, 0.15) is 5.82 Å². The highest BCUT2D eigenvalue weighted by atomic mass is 16.5. The molecule has 0 aromatic carbocycles. The number of aryl methyl sites for hydroxylation is 2. The van der Waals surface area contributed by atoms with Gasteiger partial charge in [0.05, 0.1) is 12.3 Å². The second kappa shape index (κ2) is 7.50. The molecule has 1 heterocycles. The molecular weight excluding hydrogens is 240 g/mol. The molecule has 1 rings (SSSR count). The summed E-state index contributed by atoms with van der Waals surface area (Å²) in [6, 6.07) is 0.473. The van der Waals surface area contributed by atoms with Crippen LogP contribution in [0, 0.1) is 6.92 Å². The third-order valence-corrected chi connectivity index (χ3v) is 3.14. The Morgan fingerprint density at radius 1 is 1.42 bits per heavy atom. The van der Waals surface area contributed by atoms with Gasteiger partial charge in [0.2, 0.25) is 0 Å². The van der Waals surface area contributed by atoms with Gasteiger partial charge in [-0.2, -0.15) is 5.10 Å². The summed E-state index contributed by atoms with van der Waals surface area (Å²) in [5, 5.41) is 8.00. The molecule has 0 saturated heterocycles. The van der Waals surface area contributed by atoms with Crippen molar-refractivity contribution in [2.24, 2.45) is 7.05 Å². The van der Waals surface area contributed by atoms with Gasteiger partial charge < -0.3 is 15.0 Å². The zero-order valence-corrected chi connectivity index (χ0v) is 13.2. The Morgan fingerprint density at radius 3 is 2.68 bits per heavy atom. The molecule has 1 aromatic heterocycles. The molecule has 0 aliphatic rings. The number of likely N-dealkylation sites (N-methyl/N-ethyl adjacent to an activating group) is 1. The van der Waals surface area contributed by atoms with E-state index in [1.807, 2.05) is 18.7 Å². The SMILES string of the molecule is CCOCCN(C)c1c(CNC(C)C)c(C)nn1C. The van der Waals surface area contributed by atoms with Crippen LogP contribution in [0.1, 0.15) is 32.0 Å². The minimum Gasteiger partial charge on any atom is -0.380 e. The van der Waals surface area contributed by atoms with E-state index < -0.39 is 0 Å². The van der Waals surface area contributed by atoms with E-state index >= 15 is 0 Å². The largest absolute Gasteiger partial charge is 0.380 e. The normalized spacial score (nSPS) is 11.3. The van der Waals surface area contributed by atoms with Crippen LogP contribution < -0.4 is 10.2 Å². The molecule has 0 unspecified atom stereocenters. The summed E-state index contributed by atoms with van der Waals surface area (Å²) in [7, 11) is 4.09. The van der Waals surface area contributed by atoms with E-state index in [0.29, 0.717) is 6.04 Å². The molecule has 110 valence electrons. The maximum atomic E-state index is 5.42. The average Bonchev–Trinajstić information content (AvgIpc) is 2.61. The first-order valence-electron chi connectivity index (χ1n) is 7.02. The van der Waals surface area contributed by atoms with Gasteiger partial charge in [-0.25, -0.2) is 0 Å². The van der Waals surface area contributed by atoms with Crippen LogP contribution in [0.2, 0.25) is 0 Å². The van der Waals surface area contributed by atoms with Crippen molar-refractivity contribution in [2.75, 3.05) is 31.7 Å². The van der Waals surface area contributed by atoms with Gasteiger partial charge >= 0.3 is 0 Å². The lowest BCUT2D eigenvalue weighted by molar-refractivity contribution is 0.154. The van der Waals surface area contributed by atoms with Gasteiger partial charge in [-0.3, -0.25) is 4.68 Å². The molecule has 0 atom stereocenters. The molecule has 0 spiro atoms. The van der Waals surface area contributed by atoms with Crippen LogP contribution in [0.25, 0.3) is 0 Å². The molecule has 0 amide bonds. The number of aromatic nitrogens is 2. The fourth-order valence-corrected chi connectivity index (χ4v) is 2.13. The summed E-state index contributed by atoms with van der Waals surface area (Å²) < 4.78 is 7.38. The third-order valence-electron chi connectivity index (χ3n) is 3.14. The van der Waals surface area contributed by atoms with Crippen molar-refractivity contribution in [3.8, 4) is 0 Å². The number of nitrogens with zero attached hydrogens (tertiary/aromatic N) is 3. The number of anilines is 1. The van der Waals surface area contributed by atoms with Crippen molar-refractivity contribution in [3.05, 3.63) is 11.3 Å². The number of hydrogen-bond acceptors (Lipinski definition) is 4. The highest BCUT2D eigenvalue weighted by Gasteiger charge is 2.16. The summed E-state index contributed by atoms with van der Waals surface area (Å²) >= 11 is 0. The summed E-state index contributed by atoms with van der Waals surface area (Å²) in [5.74, 6) is 1.17. The maximum Gasteiger partial charge on any atom is 0.131 e. The second-order valence-electron chi connectivity index (χ2n) is 5.17. The molecule has 0 aliphatic carbocycles. The van der Waals surface area contributed by atoms with Crippen LogP contribution in [0.5, 0.6) is 0 Å². The van der Waals surface area contributed by atoms with Gasteiger partial charge in [0, 0.05) is 45.4 Å². The number of hydrogen-bond donors (Lipinski definition) is 1. The highest BCUT2D eigenvalue weighted by Crippen LogP contribution is 2.22. The van der Waals surface area contributed by atoms with E-state index in [2.05, 4.69) is 43.1 Å². The Morgan fingerprint density at radius 2 is 2.11 bits per heavy atom. The van der Waals surface area contributed by atoms with Gasteiger partial charge in [-0.05, 0) is 13.8 Å². The maximum absolute atomic E-state index is 5.42. The fraction of sp³-hybridized carbons (Fsp3) is 0.786. The molecule has 1 aromatic rings. The van der Waals surface area contributed by atoms with Crippen LogP contribution in [0.15, 0.2) is 0 Å². The Kier molecular flexibility index (Phi) is 6.31. The number of rotatable bonds is 8. The molecule has 0 radical (unpaired) electrons. The van der Waals surface area contributed by atoms with Crippen molar-refractivity contribution >= 4 is 5.82 Å². The van der Waals surface area contributed by atoms with Crippen LogP contribution in [0.4, 0.5) is 5.82 Å². The van der Waals surface area contributed by atoms with E-state index in [0.717, 1.165) is 32.0 Å². The van der Waals surface area contributed by atoms with Gasteiger partial charge in [-0.1, -0.05) is 13.8 Å². The quantitative estimate of drug-likeness (QED) is 0.729. The second-order valence-corrected chi connectivity index (χ2v) is 5.17. The molecule has 0 fully saturated rings. The van der Waals surface area contributed by atoms with Crippen LogP contribution in [0.3, 0.4) is 0 Å². The Balaban J connectivity index is 2.79. The zero-order chi connectivity index (χ0) is 14.4. The predicted molar refractivity (Wildman–Crippen MR) is 79.7 cm³/mol. The van der Waals surface area contributed by atoms with E-state index in [1.54, 1.807) is 0 Å². The first kappa shape index (κ1) is 16.0. The Labute approximate surface area is 116 Å². The fourth-order valence-electron chi connectivity index (χ4n) is 2.13. The summed E-state index contributed by atoms with van der Waals surface area (Å²) in [4.78, 5) is 2.22. The lowest BCUT2D eigenvalue weighted by Gasteiger charge is -2.21. The number of nitrogens with one attached hydrogen (secondary N) is 1. The lowest BCUT2D eigenvalue weighted by atomic mass is 10.2. The molecular formula is C14H28N4O. The standard InChI is InChI=1S/C14H28N4O/c1-7-19-9-8-17(5)14-13(10-15-11(2)3)12(4)16-18(14)6/h11,15H,7-10H2,1-6H3. The van der Waals surface area contributed by atoms with E-state index in [9.17, 15) is 0 Å². The van der Waals surface area contributed by atoms with Crippen molar-refractivity contribution < 1.29 is 4.74 Å². The summed E-state index contributed by atoms with van der Waals surface area (Å²) in [6.45, 7) is 11.6. The van der Waals surface area contributed by atoms with Crippen molar-refractivity contribution in [1.82, 2.24) is 15.1 Å². The molecule has 0 saturated carbocycles. The molecule has 19 heavy (non-hydrogen) atoms. The summed E-state index contributed by atoms with van der Waals surface area (Å²) in [6.07, 6.45) is 0. The van der Waals surface area contributed by atoms with E-state index in [-0.39, 0.29) is 0 Å². The van der Waals surface area contributed by atoms with Crippen LogP contribution in [-0.4, -0.2) is 42.6 Å². The first-order valence-corrected chi connectivity index (χ1v) is 7.02. The molecule has 0 aliphatic heterocycles. The predicted octanol–water partition coefficient (Wildman–Crippen LogP) is 1.70. The molecule has 5 heteroatoms. The Hall–Kier alpha value is -1.07. The number of ether oxygens (including phenoxy) is 1. The Bertz CT molecular complexity index is 387. The zero-order valence-electron chi connectivity index (χ0n) is 13.2. The molecule has 0 bridgehead atoms. The highest BCUT2D eigenvalue weighted by molar-refractivity contribution is 5.49. The molecule has 1 N–H and O–H groups in total. The van der Waals surface area contributed by atoms with Crippen LogP contribution >= 0.6 is 0 Å². The first-order chi connectivity index (χ1) is 8.97. The third kappa shape index (κ3) is 4.51. The van der Waals surface area contributed by atoms with Crippen molar-refractivity contribution in [1.29, 1.82) is 0 Å². The van der Waals surface area contributed by atoms with Gasteiger partial charge in [0.25, 0.3) is 0 Å². The lowest BCUT2D eigenvalue weighted by Crippen LogP contribution is -2.28. The summed E-state index contributed by atoms with van der Waals surface area (Å²) in [5.41, 5.74) is 2.36.